The van der Waals surface area contributed by atoms with Crippen LogP contribution in [0.5, 0.6) is 5.75 Å². The van der Waals surface area contributed by atoms with E-state index in [-0.39, 0.29) is 0 Å². The van der Waals surface area contributed by atoms with Gasteiger partial charge in [-0.25, -0.2) is 0 Å². The highest BCUT2D eigenvalue weighted by Crippen LogP contribution is 2.17. The molecule has 1 unspecified atom stereocenters. The van der Waals surface area contributed by atoms with Gasteiger partial charge in [-0.15, -0.1) is 0 Å². The molecule has 0 aromatic heterocycles. The van der Waals surface area contributed by atoms with Gasteiger partial charge in [-0.05, 0) is 23.8 Å². The van der Waals surface area contributed by atoms with Gasteiger partial charge in [0.05, 0.1) is 0 Å². The van der Waals surface area contributed by atoms with E-state index in [1.807, 2.05) is 42.5 Å². The van der Waals surface area contributed by atoms with Crippen LogP contribution < -0.4 is 15.8 Å². The highest BCUT2D eigenvalue weighted by molar-refractivity contribution is 6.30. The van der Waals surface area contributed by atoms with E-state index in [1.54, 1.807) is 12.1 Å². The standard InChI is InChI=1S/C16H17ClN2O2/c17-13-7-4-8-14(11-13)21-10-9-19-15(16(18)20)12-5-2-1-3-6-12/h1-8,11,15,19H,9-10H2,(H2,18,20). The van der Waals surface area contributed by atoms with Crippen LogP contribution in [0.2, 0.25) is 5.02 Å². The Morgan fingerprint density at radius 1 is 1.19 bits per heavy atom. The summed E-state index contributed by atoms with van der Waals surface area (Å²) < 4.78 is 5.55. The summed E-state index contributed by atoms with van der Waals surface area (Å²) in [5, 5.41) is 3.71. The molecule has 1 atom stereocenters. The van der Waals surface area contributed by atoms with E-state index in [1.165, 1.54) is 0 Å². The van der Waals surface area contributed by atoms with E-state index in [0.29, 0.717) is 23.9 Å². The molecule has 0 radical (unpaired) electrons. The van der Waals surface area contributed by atoms with Crippen molar-refractivity contribution in [1.82, 2.24) is 5.32 Å². The molecule has 3 N–H and O–H groups in total. The number of hydrogen-bond donors (Lipinski definition) is 2. The molecule has 2 rings (SSSR count). The highest BCUT2D eigenvalue weighted by atomic mass is 35.5. The Kier molecular flexibility index (Phi) is 5.60. The first-order chi connectivity index (χ1) is 10.2. The van der Waals surface area contributed by atoms with Gasteiger partial charge in [-0.2, -0.15) is 0 Å². The molecule has 21 heavy (non-hydrogen) atoms. The van der Waals surface area contributed by atoms with E-state index in [0.717, 1.165) is 5.56 Å². The van der Waals surface area contributed by atoms with Crippen LogP contribution in [0.25, 0.3) is 0 Å². The van der Waals surface area contributed by atoms with Gasteiger partial charge in [-0.3, -0.25) is 10.1 Å². The van der Waals surface area contributed by atoms with Crippen LogP contribution in [0.15, 0.2) is 54.6 Å². The number of rotatable bonds is 7. The minimum atomic E-state index is -0.519. The number of nitrogens with two attached hydrogens (primary N) is 1. The van der Waals surface area contributed by atoms with E-state index in [9.17, 15) is 4.79 Å². The van der Waals surface area contributed by atoms with Gasteiger partial charge >= 0.3 is 0 Å². The SMILES string of the molecule is NC(=O)C(NCCOc1cccc(Cl)c1)c1ccccc1. The van der Waals surface area contributed by atoms with Gasteiger partial charge < -0.3 is 10.5 Å². The summed E-state index contributed by atoms with van der Waals surface area (Å²) in [6, 6.07) is 16.0. The maximum absolute atomic E-state index is 11.5. The Balaban J connectivity index is 1.85. The molecule has 1 amide bonds. The average Bonchev–Trinajstić information content (AvgIpc) is 2.48. The lowest BCUT2D eigenvalue weighted by atomic mass is 10.1. The Labute approximate surface area is 128 Å². The number of hydrogen-bond acceptors (Lipinski definition) is 3. The lowest BCUT2D eigenvalue weighted by Crippen LogP contribution is -2.35. The fraction of sp³-hybridized carbons (Fsp3) is 0.188. The van der Waals surface area contributed by atoms with Crippen molar-refractivity contribution in [1.29, 1.82) is 0 Å². The maximum atomic E-state index is 11.5. The quantitative estimate of drug-likeness (QED) is 0.773. The van der Waals surface area contributed by atoms with Gasteiger partial charge in [0.1, 0.15) is 18.4 Å². The average molecular weight is 305 g/mol. The van der Waals surface area contributed by atoms with Crippen LogP contribution in [-0.4, -0.2) is 19.1 Å². The second-order valence-electron chi connectivity index (χ2n) is 4.51. The fourth-order valence-electron chi connectivity index (χ4n) is 1.96. The van der Waals surface area contributed by atoms with E-state index in [4.69, 9.17) is 22.1 Å². The lowest BCUT2D eigenvalue weighted by Gasteiger charge is -2.16. The zero-order valence-electron chi connectivity index (χ0n) is 11.5. The molecular weight excluding hydrogens is 288 g/mol. The zero-order chi connectivity index (χ0) is 15.1. The number of benzene rings is 2. The number of halogens is 1. The summed E-state index contributed by atoms with van der Waals surface area (Å²) in [6.45, 7) is 0.909. The van der Waals surface area contributed by atoms with Crippen molar-refractivity contribution in [2.75, 3.05) is 13.2 Å². The number of nitrogens with one attached hydrogen (secondary N) is 1. The van der Waals surface area contributed by atoms with Crippen molar-refractivity contribution in [3.8, 4) is 5.75 Å². The molecule has 0 saturated heterocycles. The second-order valence-corrected chi connectivity index (χ2v) is 4.94. The lowest BCUT2D eigenvalue weighted by molar-refractivity contribution is -0.120. The third kappa shape index (κ3) is 4.77. The molecule has 0 aliphatic heterocycles. The molecule has 4 nitrogen and oxygen atoms in total. The summed E-state index contributed by atoms with van der Waals surface area (Å²) in [7, 11) is 0. The van der Waals surface area contributed by atoms with Crippen LogP contribution in [0.1, 0.15) is 11.6 Å². The van der Waals surface area contributed by atoms with Crippen molar-refractivity contribution in [3.63, 3.8) is 0 Å². The molecule has 0 heterocycles. The summed E-state index contributed by atoms with van der Waals surface area (Å²) in [5.41, 5.74) is 6.26. The normalized spacial score (nSPS) is 11.9. The van der Waals surface area contributed by atoms with E-state index in [2.05, 4.69) is 5.32 Å². The molecular formula is C16H17ClN2O2. The van der Waals surface area contributed by atoms with E-state index >= 15 is 0 Å². The number of amides is 1. The van der Waals surface area contributed by atoms with Crippen molar-refractivity contribution >= 4 is 17.5 Å². The first-order valence-electron chi connectivity index (χ1n) is 6.63. The van der Waals surface area contributed by atoms with Crippen LogP contribution in [-0.2, 0) is 4.79 Å². The summed E-state index contributed by atoms with van der Waals surface area (Å²) >= 11 is 5.87. The van der Waals surface area contributed by atoms with Gasteiger partial charge in [0.15, 0.2) is 0 Å². The zero-order valence-corrected chi connectivity index (χ0v) is 12.2. The molecule has 0 fully saturated rings. The molecule has 2 aromatic rings. The van der Waals surface area contributed by atoms with Crippen molar-refractivity contribution in [3.05, 3.63) is 65.2 Å². The Morgan fingerprint density at radius 3 is 2.62 bits per heavy atom. The highest BCUT2D eigenvalue weighted by Gasteiger charge is 2.16. The molecule has 0 aliphatic carbocycles. The largest absolute Gasteiger partial charge is 0.492 e. The summed E-state index contributed by atoms with van der Waals surface area (Å²) in [5.74, 6) is 0.281. The minimum absolute atomic E-state index is 0.413. The topological polar surface area (TPSA) is 64.4 Å². The molecule has 110 valence electrons. The van der Waals surface area contributed by atoms with Gasteiger partial charge in [0, 0.05) is 11.6 Å². The summed E-state index contributed by atoms with van der Waals surface area (Å²) in [6.07, 6.45) is 0. The van der Waals surface area contributed by atoms with Gasteiger partial charge in [0.2, 0.25) is 5.91 Å². The van der Waals surface area contributed by atoms with Gasteiger partial charge in [0.25, 0.3) is 0 Å². The Bertz CT molecular complexity index is 590. The third-order valence-corrected chi connectivity index (χ3v) is 3.17. The molecule has 5 heteroatoms. The number of primary amides is 1. The number of ether oxygens (including phenoxy) is 1. The second kappa shape index (κ2) is 7.67. The Morgan fingerprint density at radius 2 is 1.95 bits per heavy atom. The molecule has 0 saturated carbocycles. The number of carbonyl (C=O) groups is 1. The monoisotopic (exact) mass is 304 g/mol. The van der Waals surface area contributed by atoms with Gasteiger partial charge in [-0.1, -0.05) is 48.0 Å². The predicted molar refractivity (Wildman–Crippen MR) is 83.3 cm³/mol. The first kappa shape index (κ1) is 15.4. The fourth-order valence-corrected chi connectivity index (χ4v) is 2.14. The first-order valence-corrected chi connectivity index (χ1v) is 7.00. The Hall–Kier alpha value is -2.04. The van der Waals surface area contributed by atoms with Crippen molar-refractivity contribution in [2.24, 2.45) is 5.73 Å². The van der Waals surface area contributed by atoms with E-state index < -0.39 is 11.9 Å². The van der Waals surface area contributed by atoms with Crippen LogP contribution in [0.3, 0.4) is 0 Å². The van der Waals surface area contributed by atoms with Crippen LogP contribution in [0.4, 0.5) is 0 Å². The number of carbonyl (C=O) groups excluding carboxylic acids is 1. The molecule has 2 aromatic carbocycles. The smallest absolute Gasteiger partial charge is 0.239 e. The summed E-state index contributed by atoms with van der Waals surface area (Å²) in [4.78, 5) is 11.5. The maximum Gasteiger partial charge on any atom is 0.239 e. The molecule has 0 spiro atoms. The third-order valence-electron chi connectivity index (χ3n) is 2.93. The van der Waals surface area contributed by atoms with Crippen molar-refractivity contribution < 1.29 is 9.53 Å². The van der Waals surface area contributed by atoms with Crippen LogP contribution in [0, 0.1) is 0 Å². The molecule has 0 bridgehead atoms. The molecule has 0 aliphatic rings. The van der Waals surface area contributed by atoms with Crippen LogP contribution >= 0.6 is 11.6 Å². The van der Waals surface area contributed by atoms with Crippen molar-refractivity contribution in [2.45, 2.75) is 6.04 Å². The minimum Gasteiger partial charge on any atom is -0.492 e. The predicted octanol–water partition coefficient (Wildman–Crippen LogP) is 2.54.